The quantitative estimate of drug-likeness (QED) is 0.238. The van der Waals surface area contributed by atoms with Gasteiger partial charge in [0, 0.05) is 24.5 Å². The third-order valence-electron chi connectivity index (χ3n) is 5.83. The normalized spacial score (nSPS) is 17.1. The molecular weight excluding hydrogens is 428 g/mol. The second kappa shape index (κ2) is 9.75. The summed E-state index contributed by atoms with van der Waals surface area (Å²) in [6.45, 7) is 7.97. The average Bonchev–Trinajstić information content (AvgIpc) is 3.09. The molecule has 2 heterocycles. The standard InChI is InChI=1S/C28H26N2O4/c1-4-14-34-22-11-9-21(10-12-22)25-24(26(31)23-15-18(2)7-8-19(23)3)27(32)28(33)30(25)17-20-6-5-13-29-16-20/h4-13,15-16,25,31H,1,14,17H2,2-3H3. The summed E-state index contributed by atoms with van der Waals surface area (Å²) >= 11 is 0. The highest BCUT2D eigenvalue weighted by Gasteiger charge is 2.46. The highest BCUT2D eigenvalue weighted by atomic mass is 16.5. The van der Waals surface area contributed by atoms with Gasteiger partial charge in [0.25, 0.3) is 11.7 Å². The number of pyridine rings is 1. The lowest BCUT2D eigenvalue weighted by molar-refractivity contribution is -0.140. The number of benzene rings is 2. The Morgan fingerprint density at radius 2 is 1.91 bits per heavy atom. The summed E-state index contributed by atoms with van der Waals surface area (Å²) in [5.74, 6) is -0.903. The van der Waals surface area contributed by atoms with Crippen LogP contribution in [0, 0.1) is 13.8 Å². The van der Waals surface area contributed by atoms with Gasteiger partial charge >= 0.3 is 0 Å². The number of aromatic nitrogens is 1. The van der Waals surface area contributed by atoms with Gasteiger partial charge in [-0.2, -0.15) is 0 Å². The van der Waals surface area contributed by atoms with Crippen molar-refractivity contribution < 1.29 is 19.4 Å². The molecule has 0 bridgehead atoms. The van der Waals surface area contributed by atoms with Gasteiger partial charge in [0.05, 0.1) is 11.6 Å². The minimum absolute atomic E-state index is 0.0716. The highest BCUT2D eigenvalue weighted by Crippen LogP contribution is 2.41. The molecule has 1 aromatic heterocycles. The number of rotatable bonds is 7. The molecule has 3 aromatic rings. The number of likely N-dealkylation sites (tertiary alicyclic amines) is 1. The number of amides is 1. The van der Waals surface area contributed by atoms with Crippen LogP contribution in [0.3, 0.4) is 0 Å². The lowest BCUT2D eigenvalue weighted by Gasteiger charge is -2.25. The largest absolute Gasteiger partial charge is 0.507 e. The Balaban J connectivity index is 1.84. The van der Waals surface area contributed by atoms with E-state index in [1.807, 2.05) is 50.2 Å². The first-order valence-electron chi connectivity index (χ1n) is 11.0. The number of ether oxygens (including phenoxy) is 1. The van der Waals surface area contributed by atoms with Gasteiger partial charge in [-0.25, -0.2) is 0 Å². The summed E-state index contributed by atoms with van der Waals surface area (Å²) in [5, 5.41) is 11.3. The number of aliphatic hydroxyl groups is 1. The molecule has 1 aliphatic rings. The van der Waals surface area contributed by atoms with E-state index in [0.717, 1.165) is 16.7 Å². The van der Waals surface area contributed by atoms with Crippen molar-refractivity contribution in [3.8, 4) is 5.75 Å². The third kappa shape index (κ3) is 4.48. The topological polar surface area (TPSA) is 79.7 Å². The molecule has 6 nitrogen and oxygen atoms in total. The molecule has 0 spiro atoms. The summed E-state index contributed by atoms with van der Waals surface area (Å²) in [5.41, 5.74) is 3.84. The van der Waals surface area contributed by atoms with E-state index in [1.54, 1.807) is 36.7 Å². The van der Waals surface area contributed by atoms with Crippen LogP contribution in [0.5, 0.6) is 5.75 Å². The Hall–Kier alpha value is -4.19. The van der Waals surface area contributed by atoms with Gasteiger partial charge in [-0.05, 0) is 54.8 Å². The molecule has 1 aliphatic heterocycles. The molecule has 1 atom stereocenters. The van der Waals surface area contributed by atoms with Crippen molar-refractivity contribution in [2.24, 2.45) is 0 Å². The van der Waals surface area contributed by atoms with E-state index in [1.165, 1.54) is 4.90 Å². The van der Waals surface area contributed by atoms with Crippen molar-refractivity contribution in [3.05, 3.63) is 113 Å². The van der Waals surface area contributed by atoms with Crippen LogP contribution >= 0.6 is 0 Å². The zero-order valence-electron chi connectivity index (χ0n) is 19.2. The fraction of sp³-hybridized carbons (Fsp3) is 0.179. The number of aliphatic hydroxyl groups excluding tert-OH is 1. The molecule has 1 N–H and O–H groups in total. The van der Waals surface area contributed by atoms with Crippen molar-refractivity contribution in [2.75, 3.05) is 6.61 Å². The number of carbonyl (C=O) groups is 2. The molecule has 4 rings (SSSR count). The Morgan fingerprint density at radius 3 is 2.59 bits per heavy atom. The minimum Gasteiger partial charge on any atom is -0.507 e. The number of nitrogens with zero attached hydrogens (tertiary/aromatic N) is 2. The van der Waals surface area contributed by atoms with E-state index in [9.17, 15) is 14.7 Å². The number of Topliss-reactive ketones (excluding diaryl/α,β-unsaturated/α-hetero) is 1. The summed E-state index contributed by atoms with van der Waals surface area (Å²) in [6, 6.07) is 15.7. The van der Waals surface area contributed by atoms with Crippen LogP contribution < -0.4 is 4.74 Å². The van der Waals surface area contributed by atoms with Crippen LogP contribution in [0.25, 0.3) is 5.76 Å². The first-order valence-corrected chi connectivity index (χ1v) is 11.0. The van der Waals surface area contributed by atoms with Crippen LogP contribution in [0.15, 0.2) is 85.2 Å². The van der Waals surface area contributed by atoms with E-state index >= 15 is 0 Å². The lowest BCUT2D eigenvalue weighted by atomic mass is 9.93. The second-order valence-corrected chi connectivity index (χ2v) is 8.28. The number of aryl methyl sites for hydroxylation is 2. The zero-order valence-corrected chi connectivity index (χ0v) is 19.2. The first kappa shape index (κ1) is 23.0. The molecule has 34 heavy (non-hydrogen) atoms. The summed E-state index contributed by atoms with van der Waals surface area (Å²) in [7, 11) is 0. The molecule has 1 unspecified atom stereocenters. The Morgan fingerprint density at radius 1 is 1.15 bits per heavy atom. The molecule has 1 saturated heterocycles. The highest BCUT2D eigenvalue weighted by molar-refractivity contribution is 6.46. The van der Waals surface area contributed by atoms with Crippen LogP contribution in [0.1, 0.15) is 33.9 Å². The molecule has 6 heteroatoms. The van der Waals surface area contributed by atoms with Gasteiger partial charge < -0.3 is 14.7 Å². The van der Waals surface area contributed by atoms with Gasteiger partial charge in [-0.15, -0.1) is 0 Å². The van der Waals surface area contributed by atoms with Gasteiger partial charge in [-0.1, -0.05) is 48.6 Å². The van der Waals surface area contributed by atoms with Crippen molar-refractivity contribution in [3.63, 3.8) is 0 Å². The van der Waals surface area contributed by atoms with Crippen molar-refractivity contribution in [1.82, 2.24) is 9.88 Å². The first-order chi connectivity index (χ1) is 16.4. The van der Waals surface area contributed by atoms with Crippen LogP contribution in [-0.2, 0) is 16.1 Å². The van der Waals surface area contributed by atoms with Crippen molar-refractivity contribution in [2.45, 2.75) is 26.4 Å². The van der Waals surface area contributed by atoms with Crippen LogP contribution in [-0.4, -0.2) is 33.3 Å². The van der Waals surface area contributed by atoms with E-state index in [0.29, 0.717) is 23.5 Å². The monoisotopic (exact) mass is 454 g/mol. The van der Waals surface area contributed by atoms with E-state index in [4.69, 9.17) is 4.74 Å². The molecule has 0 radical (unpaired) electrons. The van der Waals surface area contributed by atoms with Gasteiger partial charge in [-0.3, -0.25) is 14.6 Å². The predicted molar refractivity (Wildman–Crippen MR) is 130 cm³/mol. The number of carbonyl (C=O) groups excluding carboxylic acids is 2. The maximum Gasteiger partial charge on any atom is 0.295 e. The van der Waals surface area contributed by atoms with Crippen LogP contribution in [0.2, 0.25) is 0 Å². The Kier molecular flexibility index (Phi) is 6.59. The fourth-order valence-electron chi connectivity index (χ4n) is 4.12. The number of ketones is 1. The summed E-state index contributed by atoms with van der Waals surface area (Å²) in [6.07, 6.45) is 4.96. The van der Waals surface area contributed by atoms with E-state index in [-0.39, 0.29) is 17.9 Å². The van der Waals surface area contributed by atoms with Crippen molar-refractivity contribution >= 4 is 17.4 Å². The second-order valence-electron chi connectivity index (χ2n) is 8.28. The van der Waals surface area contributed by atoms with E-state index in [2.05, 4.69) is 11.6 Å². The Bertz CT molecular complexity index is 1260. The Labute approximate surface area is 198 Å². The summed E-state index contributed by atoms with van der Waals surface area (Å²) < 4.78 is 5.57. The third-order valence-corrected chi connectivity index (χ3v) is 5.83. The van der Waals surface area contributed by atoms with Crippen molar-refractivity contribution in [1.29, 1.82) is 0 Å². The molecular formula is C28H26N2O4. The minimum atomic E-state index is -0.756. The summed E-state index contributed by atoms with van der Waals surface area (Å²) in [4.78, 5) is 32.0. The number of hydrogen-bond donors (Lipinski definition) is 1. The molecule has 2 aromatic carbocycles. The lowest BCUT2D eigenvalue weighted by Crippen LogP contribution is -2.29. The smallest absolute Gasteiger partial charge is 0.295 e. The molecule has 1 amide bonds. The number of hydrogen-bond acceptors (Lipinski definition) is 5. The van der Waals surface area contributed by atoms with Gasteiger partial charge in [0.1, 0.15) is 18.1 Å². The van der Waals surface area contributed by atoms with E-state index < -0.39 is 17.7 Å². The average molecular weight is 455 g/mol. The SMILES string of the molecule is C=CCOc1ccc(C2C(=C(O)c3cc(C)ccc3C)C(=O)C(=O)N2Cc2cccnc2)cc1. The molecule has 0 aliphatic carbocycles. The van der Waals surface area contributed by atoms with Gasteiger partial charge in [0.2, 0.25) is 0 Å². The van der Waals surface area contributed by atoms with Crippen LogP contribution in [0.4, 0.5) is 0 Å². The maximum atomic E-state index is 13.2. The molecule has 0 saturated carbocycles. The zero-order chi connectivity index (χ0) is 24.2. The predicted octanol–water partition coefficient (Wildman–Crippen LogP) is 4.89. The fourth-order valence-corrected chi connectivity index (χ4v) is 4.12. The maximum absolute atomic E-state index is 13.2. The molecule has 1 fully saturated rings. The molecule has 172 valence electrons. The van der Waals surface area contributed by atoms with Gasteiger partial charge in [0.15, 0.2) is 0 Å².